The summed E-state index contributed by atoms with van der Waals surface area (Å²) >= 11 is 0. The van der Waals surface area contributed by atoms with Crippen LogP contribution in [0.4, 0.5) is 0 Å². The highest BCUT2D eigenvalue weighted by Gasteiger charge is 2.23. The van der Waals surface area contributed by atoms with Gasteiger partial charge in [-0.2, -0.15) is 5.26 Å². The molecule has 0 saturated carbocycles. The molecule has 0 amide bonds. The molecule has 0 saturated heterocycles. The Morgan fingerprint density at radius 2 is 1.95 bits per heavy atom. The molecule has 0 aliphatic heterocycles. The van der Waals surface area contributed by atoms with Crippen LogP contribution in [0.25, 0.3) is 0 Å². The van der Waals surface area contributed by atoms with Crippen molar-refractivity contribution in [2.75, 3.05) is 6.54 Å². The van der Waals surface area contributed by atoms with Gasteiger partial charge in [0.15, 0.2) is 5.25 Å². The number of carboxylic acids is 1. The second-order valence-corrected chi connectivity index (χ2v) is 6.79. The van der Waals surface area contributed by atoms with E-state index in [9.17, 15) is 13.2 Å². The van der Waals surface area contributed by atoms with Crippen molar-refractivity contribution in [1.29, 1.82) is 5.26 Å². The summed E-state index contributed by atoms with van der Waals surface area (Å²) in [5.41, 5.74) is 0. The molecule has 0 aromatic heterocycles. The summed E-state index contributed by atoms with van der Waals surface area (Å²) < 4.78 is 26.0. The van der Waals surface area contributed by atoms with Crippen LogP contribution in [0.15, 0.2) is 0 Å². The molecule has 2 atom stereocenters. The molecular weight excluding hydrogens is 280 g/mol. The van der Waals surface area contributed by atoms with Gasteiger partial charge in [0.25, 0.3) is 0 Å². The zero-order valence-corrected chi connectivity index (χ0v) is 12.9. The lowest BCUT2D eigenvalue weighted by molar-refractivity contribution is -0.137. The van der Waals surface area contributed by atoms with Gasteiger partial charge in [-0.05, 0) is 25.2 Å². The quantitative estimate of drug-likeness (QED) is 0.606. The van der Waals surface area contributed by atoms with Crippen LogP contribution in [-0.2, 0) is 14.8 Å². The second kappa shape index (κ2) is 9.72. The van der Waals surface area contributed by atoms with Crippen LogP contribution >= 0.6 is 0 Å². The summed E-state index contributed by atoms with van der Waals surface area (Å²) in [5.74, 6) is -0.636. The van der Waals surface area contributed by atoms with Crippen molar-refractivity contribution in [1.82, 2.24) is 4.72 Å². The maximum absolute atomic E-state index is 11.8. The molecule has 0 bridgehead atoms. The minimum absolute atomic E-state index is 0.104. The molecule has 0 fully saturated rings. The van der Waals surface area contributed by atoms with E-state index in [1.54, 1.807) is 13.0 Å². The lowest BCUT2D eigenvalue weighted by Crippen LogP contribution is -2.34. The van der Waals surface area contributed by atoms with Crippen molar-refractivity contribution >= 4 is 16.0 Å². The molecule has 20 heavy (non-hydrogen) atoms. The van der Waals surface area contributed by atoms with Gasteiger partial charge in [-0.3, -0.25) is 4.79 Å². The van der Waals surface area contributed by atoms with Gasteiger partial charge >= 0.3 is 5.97 Å². The van der Waals surface area contributed by atoms with Gasteiger partial charge in [0.05, 0.1) is 6.07 Å². The van der Waals surface area contributed by atoms with Crippen LogP contribution in [0.1, 0.15) is 52.4 Å². The lowest BCUT2D eigenvalue weighted by Gasteiger charge is -2.16. The van der Waals surface area contributed by atoms with Crippen molar-refractivity contribution in [3.8, 4) is 6.07 Å². The van der Waals surface area contributed by atoms with Crippen molar-refractivity contribution in [3.05, 3.63) is 0 Å². The van der Waals surface area contributed by atoms with Crippen molar-refractivity contribution < 1.29 is 18.3 Å². The maximum atomic E-state index is 11.8. The first-order chi connectivity index (χ1) is 9.37. The first kappa shape index (κ1) is 18.9. The fraction of sp³-hybridized carbons (Fsp3) is 0.846. The SMILES string of the molecule is CCCC(CCNS(=O)(=O)C(C#N)CC)CCC(=O)O. The van der Waals surface area contributed by atoms with Gasteiger partial charge in [-0.15, -0.1) is 0 Å². The Labute approximate surface area is 121 Å². The third-order valence-corrected chi connectivity index (χ3v) is 5.00. The predicted molar refractivity (Wildman–Crippen MR) is 76.5 cm³/mol. The fourth-order valence-electron chi connectivity index (χ4n) is 2.05. The number of carbonyl (C=O) groups is 1. The van der Waals surface area contributed by atoms with Gasteiger partial charge in [0.1, 0.15) is 0 Å². The molecule has 0 rings (SSSR count). The molecule has 0 spiro atoms. The number of rotatable bonds is 11. The van der Waals surface area contributed by atoms with E-state index < -0.39 is 21.2 Å². The molecule has 116 valence electrons. The van der Waals surface area contributed by atoms with Crippen LogP contribution < -0.4 is 4.72 Å². The van der Waals surface area contributed by atoms with Crippen molar-refractivity contribution in [2.24, 2.45) is 5.92 Å². The minimum Gasteiger partial charge on any atom is -0.481 e. The van der Waals surface area contributed by atoms with E-state index in [1.807, 2.05) is 6.92 Å². The Morgan fingerprint density at radius 1 is 1.30 bits per heavy atom. The van der Waals surface area contributed by atoms with Crippen molar-refractivity contribution in [2.45, 2.75) is 57.6 Å². The van der Waals surface area contributed by atoms with Crippen LogP contribution in [0, 0.1) is 17.2 Å². The summed E-state index contributed by atoms with van der Waals surface area (Å²) in [4.78, 5) is 10.6. The number of aliphatic carboxylic acids is 1. The van der Waals surface area contributed by atoms with Crippen LogP contribution in [-0.4, -0.2) is 31.3 Å². The van der Waals surface area contributed by atoms with Gasteiger partial charge in [-0.25, -0.2) is 13.1 Å². The van der Waals surface area contributed by atoms with E-state index in [0.29, 0.717) is 12.8 Å². The summed E-state index contributed by atoms with van der Waals surface area (Å²) in [7, 11) is -3.59. The van der Waals surface area contributed by atoms with Gasteiger partial charge in [0.2, 0.25) is 10.0 Å². The Balaban J connectivity index is 4.29. The molecular formula is C13H24N2O4S. The first-order valence-corrected chi connectivity index (χ1v) is 8.51. The average Bonchev–Trinajstić information content (AvgIpc) is 2.36. The fourth-order valence-corrected chi connectivity index (χ4v) is 3.24. The largest absolute Gasteiger partial charge is 0.481 e. The van der Waals surface area contributed by atoms with E-state index in [0.717, 1.165) is 12.8 Å². The summed E-state index contributed by atoms with van der Waals surface area (Å²) in [6, 6.07) is 1.77. The van der Waals surface area contributed by atoms with Crippen LogP contribution in [0.5, 0.6) is 0 Å². The molecule has 2 unspecified atom stereocenters. The average molecular weight is 304 g/mol. The Hall–Kier alpha value is -1.13. The topological polar surface area (TPSA) is 107 Å². The maximum Gasteiger partial charge on any atom is 0.303 e. The van der Waals surface area contributed by atoms with Gasteiger partial charge in [-0.1, -0.05) is 26.7 Å². The standard InChI is InChI=1S/C13H24N2O4S/c1-3-5-11(6-7-13(16)17)8-9-15-20(18,19)12(4-2)10-14/h11-12,15H,3-9H2,1-2H3,(H,16,17). The Kier molecular flexibility index (Phi) is 9.17. The molecule has 0 aromatic rings. The highest BCUT2D eigenvalue weighted by molar-refractivity contribution is 7.90. The third-order valence-electron chi connectivity index (χ3n) is 3.21. The van der Waals surface area contributed by atoms with Crippen molar-refractivity contribution in [3.63, 3.8) is 0 Å². The first-order valence-electron chi connectivity index (χ1n) is 6.97. The number of sulfonamides is 1. The Morgan fingerprint density at radius 3 is 2.40 bits per heavy atom. The number of carboxylic acid groups (broad SMARTS) is 1. The molecule has 2 N–H and O–H groups in total. The summed E-state index contributed by atoms with van der Waals surface area (Å²) in [6.45, 7) is 3.92. The zero-order chi connectivity index (χ0) is 15.6. The van der Waals surface area contributed by atoms with E-state index in [4.69, 9.17) is 10.4 Å². The molecule has 6 nitrogen and oxygen atoms in total. The smallest absolute Gasteiger partial charge is 0.303 e. The lowest BCUT2D eigenvalue weighted by atomic mass is 9.95. The number of nitrogens with one attached hydrogen (secondary N) is 1. The Bertz CT molecular complexity index is 428. The highest BCUT2D eigenvalue weighted by Crippen LogP contribution is 2.17. The molecule has 7 heteroatoms. The van der Waals surface area contributed by atoms with E-state index >= 15 is 0 Å². The van der Waals surface area contributed by atoms with E-state index in [1.165, 1.54) is 0 Å². The van der Waals surface area contributed by atoms with Gasteiger partial charge < -0.3 is 5.11 Å². The van der Waals surface area contributed by atoms with Gasteiger partial charge in [0, 0.05) is 13.0 Å². The van der Waals surface area contributed by atoms with Crippen LogP contribution in [0.3, 0.4) is 0 Å². The number of nitriles is 1. The second-order valence-electron chi connectivity index (χ2n) is 4.84. The number of hydrogen-bond donors (Lipinski definition) is 2. The molecule has 0 radical (unpaired) electrons. The normalized spacial score (nSPS) is 14.4. The zero-order valence-electron chi connectivity index (χ0n) is 12.1. The number of nitrogens with zero attached hydrogens (tertiary/aromatic N) is 1. The van der Waals surface area contributed by atoms with E-state index in [2.05, 4.69) is 4.72 Å². The summed E-state index contributed by atoms with van der Waals surface area (Å²) in [5, 5.41) is 16.4. The molecule has 0 aromatic carbocycles. The van der Waals surface area contributed by atoms with Crippen LogP contribution in [0.2, 0.25) is 0 Å². The highest BCUT2D eigenvalue weighted by atomic mass is 32.2. The van der Waals surface area contributed by atoms with E-state index in [-0.39, 0.29) is 25.3 Å². The molecule has 0 aliphatic rings. The third kappa shape index (κ3) is 7.46. The molecule has 0 heterocycles. The minimum atomic E-state index is -3.59. The predicted octanol–water partition coefficient (Wildman–Crippen LogP) is 1.88. The monoisotopic (exact) mass is 304 g/mol. The molecule has 0 aliphatic carbocycles. The number of hydrogen-bond acceptors (Lipinski definition) is 4. The summed E-state index contributed by atoms with van der Waals surface area (Å²) in [6.07, 6.45) is 3.33.